The predicted octanol–water partition coefficient (Wildman–Crippen LogP) is 4.61. The van der Waals surface area contributed by atoms with E-state index in [1.165, 1.54) is 0 Å². The normalized spacial score (nSPS) is 16.8. The monoisotopic (exact) mass is 432 g/mol. The standard InChI is InChI=1S/C26H28N2O4/c1-26(17-31-22-12-10-21(30-3)11-13-22)18-32-24-14-9-20(15-23(24)27-26)25(29)28(2)16-19-7-5-4-6-8-19/h4-15,27H,16-18H2,1-3H3. The molecule has 6 heteroatoms. The molecule has 1 aliphatic rings. The molecule has 32 heavy (non-hydrogen) atoms. The first kappa shape index (κ1) is 21.6. The number of carbonyl (C=O) groups excluding carboxylic acids is 1. The van der Waals surface area contributed by atoms with Crippen LogP contribution in [0.1, 0.15) is 22.8 Å². The van der Waals surface area contributed by atoms with Gasteiger partial charge in [0.15, 0.2) is 0 Å². The van der Waals surface area contributed by atoms with E-state index in [-0.39, 0.29) is 5.91 Å². The van der Waals surface area contributed by atoms with E-state index >= 15 is 0 Å². The Balaban J connectivity index is 1.42. The van der Waals surface area contributed by atoms with Gasteiger partial charge in [0.05, 0.1) is 12.8 Å². The molecule has 0 saturated carbocycles. The first-order chi connectivity index (χ1) is 15.5. The minimum atomic E-state index is -0.440. The Bertz CT molecular complexity index is 1070. The fraction of sp³-hybridized carbons (Fsp3) is 0.269. The molecule has 1 atom stereocenters. The maximum absolute atomic E-state index is 13.0. The first-order valence-electron chi connectivity index (χ1n) is 10.6. The summed E-state index contributed by atoms with van der Waals surface area (Å²) in [6, 6.07) is 22.9. The van der Waals surface area contributed by atoms with Crippen molar-refractivity contribution in [3.05, 3.63) is 83.9 Å². The Morgan fingerprint density at radius 1 is 1.06 bits per heavy atom. The summed E-state index contributed by atoms with van der Waals surface area (Å²) in [6.45, 7) is 3.45. The summed E-state index contributed by atoms with van der Waals surface area (Å²) in [5.41, 5.74) is 2.05. The molecule has 0 fully saturated rings. The number of hydrogen-bond acceptors (Lipinski definition) is 5. The number of benzene rings is 3. The zero-order valence-electron chi connectivity index (χ0n) is 18.6. The van der Waals surface area contributed by atoms with Crippen LogP contribution < -0.4 is 19.5 Å². The third-order valence-corrected chi connectivity index (χ3v) is 5.44. The van der Waals surface area contributed by atoms with E-state index < -0.39 is 5.54 Å². The number of ether oxygens (including phenoxy) is 3. The lowest BCUT2D eigenvalue weighted by Gasteiger charge is -2.36. The molecule has 0 spiro atoms. The van der Waals surface area contributed by atoms with Crippen molar-refractivity contribution >= 4 is 11.6 Å². The maximum atomic E-state index is 13.0. The van der Waals surface area contributed by atoms with Crippen molar-refractivity contribution in [1.29, 1.82) is 0 Å². The van der Waals surface area contributed by atoms with Crippen LogP contribution in [0.15, 0.2) is 72.8 Å². The number of rotatable bonds is 7. The van der Waals surface area contributed by atoms with E-state index in [9.17, 15) is 4.79 Å². The topological polar surface area (TPSA) is 60.0 Å². The number of nitrogens with zero attached hydrogens (tertiary/aromatic N) is 1. The van der Waals surface area contributed by atoms with Crippen molar-refractivity contribution in [2.24, 2.45) is 0 Å². The summed E-state index contributed by atoms with van der Waals surface area (Å²) in [5.74, 6) is 2.23. The number of anilines is 1. The van der Waals surface area contributed by atoms with Gasteiger partial charge in [0, 0.05) is 19.2 Å². The van der Waals surface area contributed by atoms with Crippen LogP contribution in [0.4, 0.5) is 5.69 Å². The average Bonchev–Trinajstić information content (AvgIpc) is 2.83. The van der Waals surface area contributed by atoms with Crippen LogP contribution >= 0.6 is 0 Å². The largest absolute Gasteiger partial charge is 0.497 e. The van der Waals surface area contributed by atoms with E-state index in [2.05, 4.69) is 5.32 Å². The van der Waals surface area contributed by atoms with E-state index in [0.29, 0.717) is 25.3 Å². The molecule has 3 aromatic rings. The van der Waals surface area contributed by atoms with Crippen molar-refractivity contribution in [3.63, 3.8) is 0 Å². The van der Waals surface area contributed by atoms with Crippen molar-refractivity contribution in [2.45, 2.75) is 19.0 Å². The van der Waals surface area contributed by atoms with Gasteiger partial charge in [0.2, 0.25) is 0 Å². The smallest absolute Gasteiger partial charge is 0.253 e. The summed E-state index contributed by atoms with van der Waals surface area (Å²) in [5, 5.41) is 3.50. The highest BCUT2D eigenvalue weighted by Crippen LogP contribution is 2.34. The maximum Gasteiger partial charge on any atom is 0.253 e. The molecule has 4 rings (SSSR count). The summed E-state index contributed by atoms with van der Waals surface area (Å²) in [7, 11) is 3.45. The van der Waals surface area contributed by atoms with E-state index in [4.69, 9.17) is 14.2 Å². The van der Waals surface area contributed by atoms with E-state index in [1.54, 1.807) is 18.1 Å². The fourth-order valence-electron chi connectivity index (χ4n) is 3.63. The number of hydrogen-bond donors (Lipinski definition) is 1. The molecule has 1 aliphatic heterocycles. The molecular formula is C26H28N2O4. The molecule has 1 N–H and O–H groups in total. The lowest BCUT2D eigenvalue weighted by molar-refractivity contribution is 0.0785. The van der Waals surface area contributed by atoms with Gasteiger partial charge < -0.3 is 24.4 Å². The summed E-state index contributed by atoms with van der Waals surface area (Å²) in [4.78, 5) is 14.7. The molecule has 1 amide bonds. The van der Waals surface area contributed by atoms with Crippen molar-refractivity contribution in [1.82, 2.24) is 4.90 Å². The number of methoxy groups -OCH3 is 1. The molecule has 6 nitrogen and oxygen atoms in total. The summed E-state index contributed by atoms with van der Waals surface area (Å²) in [6.07, 6.45) is 0. The van der Waals surface area contributed by atoms with Gasteiger partial charge in [-0.2, -0.15) is 0 Å². The molecule has 0 saturated heterocycles. The van der Waals surface area contributed by atoms with Gasteiger partial charge in [-0.25, -0.2) is 0 Å². The Hall–Kier alpha value is -3.67. The van der Waals surface area contributed by atoms with Crippen LogP contribution in [0.2, 0.25) is 0 Å². The Morgan fingerprint density at radius 2 is 1.78 bits per heavy atom. The van der Waals surface area contributed by atoms with Gasteiger partial charge in [-0.05, 0) is 55.0 Å². The van der Waals surface area contributed by atoms with Gasteiger partial charge >= 0.3 is 0 Å². The molecule has 0 aromatic heterocycles. The molecule has 0 aliphatic carbocycles. The number of fused-ring (bicyclic) bond motifs is 1. The number of nitrogens with one attached hydrogen (secondary N) is 1. The highest BCUT2D eigenvalue weighted by molar-refractivity contribution is 5.95. The zero-order chi connectivity index (χ0) is 22.6. The summed E-state index contributed by atoms with van der Waals surface area (Å²) >= 11 is 0. The Morgan fingerprint density at radius 3 is 2.50 bits per heavy atom. The first-order valence-corrected chi connectivity index (χ1v) is 10.6. The second-order valence-corrected chi connectivity index (χ2v) is 8.30. The second-order valence-electron chi connectivity index (χ2n) is 8.30. The minimum Gasteiger partial charge on any atom is -0.497 e. The van der Waals surface area contributed by atoms with Crippen LogP contribution in [0.3, 0.4) is 0 Å². The molecule has 3 aromatic carbocycles. The lowest BCUT2D eigenvalue weighted by Crippen LogP contribution is -2.48. The van der Waals surface area contributed by atoms with E-state index in [1.807, 2.05) is 80.7 Å². The third-order valence-electron chi connectivity index (χ3n) is 5.44. The fourth-order valence-corrected chi connectivity index (χ4v) is 3.63. The SMILES string of the molecule is COc1ccc(OCC2(C)COc3ccc(C(=O)N(C)Cc4ccccc4)cc3N2)cc1. The van der Waals surface area contributed by atoms with Crippen LogP contribution in [0, 0.1) is 0 Å². The second kappa shape index (κ2) is 9.22. The van der Waals surface area contributed by atoms with Crippen molar-refractivity contribution < 1.29 is 19.0 Å². The van der Waals surface area contributed by atoms with E-state index in [0.717, 1.165) is 28.5 Å². The van der Waals surface area contributed by atoms with Crippen LogP contribution in [0.5, 0.6) is 17.2 Å². The highest BCUT2D eigenvalue weighted by Gasteiger charge is 2.32. The number of amides is 1. The molecule has 166 valence electrons. The quantitative estimate of drug-likeness (QED) is 0.591. The van der Waals surface area contributed by atoms with Crippen LogP contribution in [-0.4, -0.2) is 43.7 Å². The molecular weight excluding hydrogens is 404 g/mol. The molecule has 0 radical (unpaired) electrons. The zero-order valence-corrected chi connectivity index (χ0v) is 18.6. The Labute approximate surface area is 188 Å². The van der Waals surface area contributed by atoms with Crippen LogP contribution in [-0.2, 0) is 6.54 Å². The van der Waals surface area contributed by atoms with Gasteiger partial charge in [0.1, 0.15) is 36.0 Å². The van der Waals surface area contributed by atoms with Crippen molar-refractivity contribution in [3.8, 4) is 17.2 Å². The molecule has 0 bridgehead atoms. The minimum absolute atomic E-state index is 0.0415. The van der Waals surface area contributed by atoms with Crippen molar-refractivity contribution in [2.75, 3.05) is 32.7 Å². The van der Waals surface area contributed by atoms with Gasteiger partial charge in [-0.3, -0.25) is 4.79 Å². The Kier molecular flexibility index (Phi) is 6.21. The van der Waals surface area contributed by atoms with Crippen LogP contribution in [0.25, 0.3) is 0 Å². The lowest BCUT2D eigenvalue weighted by atomic mass is 10.0. The van der Waals surface area contributed by atoms with Gasteiger partial charge in [-0.1, -0.05) is 30.3 Å². The predicted molar refractivity (Wildman–Crippen MR) is 125 cm³/mol. The molecule has 1 heterocycles. The summed E-state index contributed by atoms with van der Waals surface area (Å²) < 4.78 is 17.1. The van der Waals surface area contributed by atoms with Gasteiger partial charge in [0.25, 0.3) is 5.91 Å². The molecule has 1 unspecified atom stereocenters. The highest BCUT2D eigenvalue weighted by atomic mass is 16.5. The number of carbonyl (C=O) groups is 1. The third kappa shape index (κ3) is 4.97. The average molecular weight is 433 g/mol. The van der Waals surface area contributed by atoms with Gasteiger partial charge in [-0.15, -0.1) is 0 Å².